The predicted octanol–water partition coefficient (Wildman–Crippen LogP) is 3.84. The minimum absolute atomic E-state index is 0.0624. The van der Waals surface area contributed by atoms with Crippen molar-refractivity contribution in [2.45, 2.75) is 37.6 Å². The fourth-order valence-corrected chi connectivity index (χ4v) is 5.75. The molecule has 1 saturated heterocycles. The van der Waals surface area contributed by atoms with E-state index in [1.165, 1.54) is 16.4 Å². The van der Waals surface area contributed by atoms with Gasteiger partial charge in [-0.2, -0.15) is 0 Å². The number of amides is 2. The van der Waals surface area contributed by atoms with Crippen LogP contribution in [0.15, 0.2) is 76.0 Å². The summed E-state index contributed by atoms with van der Waals surface area (Å²) in [6.45, 7) is 4.74. The molecule has 2 amide bonds. The Morgan fingerprint density at radius 1 is 1.03 bits per heavy atom. The number of anilines is 1. The van der Waals surface area contributed by atoms with Crippen molar-refractivity contribution in [3.63, 3.8) is 0 Å². The molecule has 35 heavy (non-hydrogen) atoms. The standard InChI is InChI=1S/C26H29N3O5S/c1-3-29(22-9-5-4-6-10-22)35(32,33)23-11-7-8-20(18-23)26(31)28-16-14-21(15-17-28)27-25(30)24-13-12-19(2)34-24/h4-13,18,21H,3,14-17H2,1-2H3,(H,27,30). The molecule has 9 heteroatoms. The molecule has 0 spiro atoms. The van der Waals surface area contributed by atoms with Gasteiger partial charge in [0.15, 0.2) is 5.76 Å². The summed E-state index contributed by atoms with van der Waals surface area (Å²) in [4.78, 5) is 27.3. The fraction of sp³-hybridized carbons (Fsp3) is 0.308. The van der Waals surface area contributed by atoms with Gasteiger partial charge in [0.2, 0.25) is 0 Å². The van der Waals surface area contributed by atoms with E-state index in [2.05, 4.69) is 5.32 Å². The van der Waals surface area contributed by atoms with Gasteiger partial charge in [-0.3, -0.25) is 13.9 Å². The van der Waals surface area contributed by atoms with Gasteiger partial charge < -0.3 is 14.6 Å². The summed E-state index contributed by atoms with van der Waals surface area (Å²) in [5, 5.41) is 2.96. The first-order valence-corrected chi connectivity index (χ1v) is 13.1. The highest BCUT2D eigenvalue weighted by atomic mass is 32.2. The van der Waals surface area contributed by atoms with Crippen molar-refractivity contribution in [2.75, 3.05) is 23.9 Å². The van der Waals surface area contributed by atoms with E-state index in [-0.39, 0.29) is 35.1 Å². The number of piperidine rings is 1. The highest BCUT2D eigenvalue weighted by Crippen LogP contribution is 2.24. The lowest BCUT2D eigenvalue weighted by Gasteiger charge is -2.32. The van der Waals surface area contributed by atoms with Crippen molar-refractivity contribution < 1.29 is 22.4 Å². The summed E-state index contributed by atoms with van der Waals surface area (Å²) < 4.78 is 33.4. The van der Waals surface area contributed by atoms with Crippen LogP contribution in [-0.2, 0) is 10.0 Å². The van der Waals surface area contributed by atoms with E-state index in [4.69, 9.17) is 4.42 Å². The Labute approximate surface area is 205 Å². The quantitative estimate of drug-likeness (QED) is 0.537. The van der Waals surface area contributed by atoms with Gasteiger partial charge >= 0.3 is 0 Å². The number of nitrogens with one attached hydrogen (secondary N) is 1. The molecule has 1 N–H and O–H groups in total. The van der Waals surface area contributed by atoms with E-state index in [1.54, 1.807) is 67.3 Å². The number of nitrogens with zero attached hydrogens (tertiary/aromatic N) is 2. The lowest BCUT2D eigenvalue weighted by atomic mass is 10.0. The number of furan rings is 1. The maximum Gasteiger partial charge on any atom is 0.287 e. The number of aryl methyl sites for hydroxylation is 1. The van der Waals surface area contributed by atoms with Gasteiger partial charge in [0.05, 0.1) is 10.6 Å². The Morgan fingerprint density at radius 3 is 2.37 bits per heavy atom. The second-order valence-electron chi connectivity index (χ2n) is 8.48. The first kappa shape index (κ1) is 24.5. The second kappa shape index (κ2) is 10.4. The maximum atomic E-state index is 13.3. The lowest BCUT2D eigenvalue weighted by molar-refractivity contribution is 0.0695. The first-order chi connectivity index (χ1) is 16.8. The third kappa shape index (κ3) is 5.40. The summed E-state index contributed by atoms with van der Waals surface area (Å²) in [5.41, 5.74) is 0.893. The predicted molar refractivity (Wildman–Crippen MR) is 133 cm³/mol. The molecule has 2 aromatic carbocycles. The van der Waals surface area contributed by atoms with E-state index in [0.29, 0.717) is 42.9 Å². The van der Waals surface area contributed by atoms with Crippen LogP contribution in [-0.4, -0.2) is 50.8 Å². The number of rotatable bonds is 7. The Hall–Kier alpha value is -3.59. The van der Waals surface area contributed by atoms with Crippen LogP contribution in [0, 0.1) is 6.92 Å². The monoisotopic (exact) mass is 495 g/mol. The average molecular weight is 496 g/mol. The van der Waals surface area contributed by atoms with Crippen LogP contribution in [0.5, 0.6) is 0 Å². The van der Waals surface area contributed by atoms with Gasteiger partial charge in [0.25, 0.3) is 21.8 Å². The number of para-hydroxylation sites is 1. The molecular formula is C26H29N3O5S. The molecule has 1 aromatic heterocycles. The molecule has 1 aliphatic heterocycles. The Balaban J connectivity index is 1.42. The van der Waals surface area contributed by atoms with Crippen LogP contribution in [0.1, 0.15) is 46.4 Å². The summed E-state index contributed by atoms with van der Waals surface area (Å²) in [5.74, 6) is 0.456. The van der Waals surface area contributed by atoms with Gasteiger partial charge in [-0.25, -0.2) is 8.42 Å². The zero-order chi connectivity index (χ0) is 25.0. The van der Waals surface area contributed by atoms with Crippen LogP contribution >= 0.6 is 0 Å². The first-order valence-electron chi connectivity index (χ1n) is 11.6. The van der Waals surface area contributed by atoms with Gasteiger partial charge in [-0.1, -0.05) is 24.3 Å². The van der Waals surface area contributed by atoms with Crippen LogP contribution in [0.2, 0.25) is 0 Å². The molecule has 184 valence electrons. The minimum Gasteiger partial charge on any atom is -0.456 e. The largest absolute Gasteiger partial charge is 0.456 e. The number of sulfonamides is 1. The van der Waals surface area contributed by atoms with Crippen molar-refractivity contribution in [3.05, 3.63) is 83.8 Å². The van der Waals surface area contributed by atoms with Crippen molar-refractivity contribution in [1.29, 1.82) is 0 Å². The molecule has 0 radical (unpaired) electrons. The Bertz CT molecular complexity index is 1300. The van der Waals surface area contributed by atoms with E-state index in [1.807, 2.05) is 6.07 Å². The van der Waals surface area contributed by atoms with Crippen molar-refractivity contribution >= 4 is 27.5 Å². The van der Waals surface area contributed by atoms with E-state index < -0.39 is 10.0 Å². The van der Waals surface area contributed by atoms with Gasteiger partial charge in [0.1, 0.15) is 5.76 Å². The number of carbonyl (C=O) groups is 2. The van der Waals surface area contributed by atoms with Crippen molar-refractivity contribution in [2.24, 2.45) is 0 Å². The van der Waals surface area contributed by atoms with Crippen LogP contribution in [0.3, 0.4) is 0 Å². The van der Waals surface area contributed by atoms with Crippen LogP contribution in [0.4, 0.5) is 5.69 Å². The van der Waals surface area contributed by atoms with Gasteiger partial charge in [-0.05, 0) is 69.2 Å². The van der Waals surface area contributed by atoms with E-state index >= 15 is 0 Å². The number of carbonyl (C=O) groups excluding carboxylic acids is 2. The molecule has 0 bridgehead atoms. The SMILES string of the molecule is CCN(c1ccccc1)S(=O)(=O)c1cccc(C(=O)N2CCC(NC(=O)c3ccc(C)o3)CC2)c1. The normalized spacial score (nSPS) is 14.5. The van der Waals surface area contributed by atoms with Crippen molar-refractivity contribution in [3.8, 4) is 0 Å². The number of hydrogen-bond donors (Lipinski definition) is 1. The molecule has 0 unspecified atom stereocenters. The molecule has 8 nitrogen and oxygen atoms in total. The third-order valence-electron chi connectivity index (χ3n) is 6.08. The average Bonchev–Trinajstić information content (AvgIpc) is 3.31. The molecule has 3 aromatic rings. The number of benzene rings is 2. The summed E-state index contributed by atoms with van der Waals surface area (Å²) in [7, 11) is -3.83. The lowest BCUT2D eigenvalue weighted by Crippen LogP contribution is -2.46. The maximum absolute atomic E-state index is 13.3. The van der Waals surface area contributed by atoms with Crippen molar-refractivity contribution in [1.82, 2.24) is 10.2 Å². The third-order valence-corrected chi connectivity index (χ3v) is 7.98. The van der Waals surface area contributed by atoms with Gasteiger partial charge in [0, 0.05) is 31.2 Å². The molecule has 1 aliphatic rings. The second-order valence-corrected chi connectivity index (χ2v) is 10.3. The Kier molecular flexibility index (Phi) is 7.25. The van der Waals surface area contributed by atoms with Crippen LogP contribution in [0.25, 0.3) is 0 Å². The topological polar surface area (TPSA) is 99.9 Å². The molecule has 4 rings (SSSR count). The molecule has 0 aliphatic carbocycles. The number of hydrogen-bond acceptors (Lipinski definition) is 5. The summed E-state index contributed by atoms with van der Waals surface area (Å²) >= 11 is 0. The molecular weight excluding hydrogens is 466 g/mol. The summed E-state index contributed by atoms with van der Waals surface area (Å²) in [6, 6.07) is 18.4. The fourth-order valence-electron chi connectivity index (χ4n) is 4.22. The zero-order valence-corrected chi connectivity index (χ0v) is 20.6. The molecule has 0 saturated carbocycles. The van der Waals surface area contributed by atoms with Crippen LogP contribution < -0.4 is 9.62 Å². The molecule has 2 heterocycles. The summed E-state index contributed by atoms with van der Waals surface area (Å²) in [6.07, 6.45) is 1.21. The molecule has 0 atom stereocenters. The van der Waals surface area contributed by atoms with E-state index in [0.717, 1.165) is 0 Å². The van der Waals surface area contributed by atoms with Gasteiger partial charge in [-0.15, -0.1) is 0 Å². The smallest absolute Gasteiger partial charge is 0.287 e. The van der Waals surface area contributed by atoms with E-state index in [9.17, 15) is 18.0 Å². The number of likely N-dealkylation sites (tertiary alicyclic amines) is 1. The Morgan fingerprint density at radius 2 is 1.74 bits per heavy atom. The zero-order valence-electron chi connectivity index (χ0n) is 19.8. The highest BCUT2D eigenvalue weighted by Gasteiger charge is 2.28. The minimum atomic E-state index is -3.83. The highest BCUT2D eigenvalue weighted by molar-refractivity contribution is 7.92. The molecule has 1 fully saturated rings.